The van der Waals surface area contributed by atoms with Crippen LogP contribution in [0.1, 0.15) is 12.8 Å². The Morgan fingerprint density at radius 2 is 1.92 bits per heavy atom. The molecule has 0 bridgehead atoms. The molecule has 192 valence electrons. The molecule has 3 heterocycles. The Labute approximate surface area is 217 Å². The van der Waals surface area contributed by atoms with Crippen molar-refractivity contribution in [1.29, 1.82) is 0 Å². The van der Waals surface area contributed by atoms with Crippen molar-refractivity contribution < 1.29 is 4.79 Å². The first-order chi connectivity index (χ1) is 17.9. The number of anilines is 4. The zero-order valence-electron chi connectivity index (χ0n) is 21.6. The molecule has 2 aromatic heterocycles. The molecule has 1 aliphatic heterocycles. The molecule has 1 saturated heterocycles. The maximum absolute atomic E-state index is 12.2. The third kappa shape index (κ3) is 5.28. The molecular formula is C28H34N8O. The number of fused-ring (bicyclic) bond motifs is 1. The number of rotatable bonds is 7. The van der Waals surface area contributed by atoms with Crippen molar-refractivity contribution in [2.75, 3.05) is 49.3 Å². The van der Waals surface area contributed by atoms with Crippen molar-refractivity contribution in [1.82, 2.24) is 19.4 Å². The van der Waals surface area contributed by atoms with Gasteiger partial charge in [-0.2, -0.15) is 0 Å². The number of piperidine rings is 1. The Morgan fingerprint density at radius 1 is 1.14 bits per heavy atom. The lowest BCUT2D eigenvalue weighted by Crippen LogP contribution is -2.42. The Balaban J connectivity index is 1.41. The summed E-state index contributed by atoms with van der Waals surface area (Å²) in [6.07, 6.45) is 6.00. The maximum Gasteiger partial charge on any atom is 0.238 e. The van der Waals surface area contributed by atoms with E-state index in [1.807, 2.05) is 43.4 Å². The number of amides is 1. The molecule has 5 rings (SSSR count). The lowest BCUT2D eigenvalue weighted by Gasteiger charge is -2.37. The van der Waals surface area contributed by atoms with Gasteiger partial charge in [0.1, 0.15) is 0 Å². The van der Waals surface area contributed by atoms with Crippen molar-refractivity contribution in [3.8, 4) is 11.3 Å². The minimum atomic E-state index is -0.226. The molecule has 0 unspecified atom stereocenters. The van der Waals surface area contributed by atoms with Crippen LogP contribution in [0, 0.1) is 0 Å². The summed E-state index contributed by atoms with van der Waals surface area (Å²) in [5, 5.41) is 7.44. The van der Waals surface area contributed by atoms with Gasteiger partial charge in [0.15, 0.2) is 0 Å². The summed E-state index contributed by atoms with van der Waals surface area (Å²) in [6, 6.07) is 16.7. The first-order valence-corrected chi connectivity index (χ1v) is 12.6. The van der Waals surface area contributed by atoms with Crippen LogP contribution in [0.25, 0.3) is 22.2 Å². The highest BCUT2D eigenvalue weighted by Crippen LogP contribution is 2.33. The second-order valence-corrected chi connectivity index (χ2v) is 9.73. The number of aryl methyl sites for hydroxylation is 1. The predicted molar refractivity (Wildman–Crippen MR) is 150 cm³/mol. The summed E-state index contributed by atoms with van der Waals surface area (Å²) >= 11 is 0. The molecule has 37 heavy (non-hydrogen) atoms. The molecule has 0 saturated carbocycles. The second-order valence-electron chi connectivity index (χ2n) is 9.73. The van der Waals surface area contributed by atoms with E-state index >= 15 is 0 Å². The number of nitrogens with zero attached hydrogens (tertiary/aromatic N) is 5. The summed E-state index contributed by atoms with van der Waals surface area (Å²) in [7, 11) is 6.30. The van der Waals surface area contributed by atoms with Crippen molar-refractivity contribution in [2.45, 2.75) is 18.9 Å². The Bertz CT molecular complexity index is 1400. The highest BCUT2D eigenvalue weighted by Gasteiger charge is 2.23. The van der Waals surface area contributed by atoms with E-state index < -0.39 is 0 Å². The number of nitrogens with two attached hydrogens (primary N) is 1. The number of benzene rings is 2. The SMILES string of the molecule is CN(C)C1CCN(c2ccc(Nc3nccc(-c4cn(C)c5ccccc45)n3)cc2NC(=O)CN)CC1. The van der Waals surface area contributed by atoms with Crippen LogP contribution in [0.15, 0.2) is 60.9 Å². The third-order valence-electron chi connectivity index (χ3n) is 7.08. The van der Waals surface area contributed by atoms with Gasteiger partial charge in [-0.25, -0.2) is 9.97 Å². The van der Waals surface area contributed by atoms with Crippen LogP contribution in [0.4, 0.5) is 23.0 Å². The van der Waals surface area contributed by atoms with E-state index in [9.17, 15) is 4.79 Å². The molecule has 0 aliphatic carbocycles. The van der Waals surface area contributed by atoms with E-state index in [2.05, 4.69) is 62.4 Å². The van der Waals surface area contributed by atoms with Crippen LogP contribution in [0.2, 0.25) is 0 Å². The molecule has 0 spiro atoms. The number of para-hydroxylation sites is 1. The van der Waals surface area contributed by atoms with E-state index in [4.69, 9.17) is 10.7 Å². The molecule has 1 fully saturated rings. The van der Waals surface area contributed by atoms with Crippen molar-refractivity contribution >= 4 is 39.8 Å². The van der Waals surface area contributed by atoms with Crippen molar-refractivity contribution in [3.63, 3.8) is 0 Å². The lowest BCUT2D eigenvalue weighted by atomic mass is 10.0. The van der Waals surface area contributed by atoms with Gasteiger partial charge in [0.2, 0.25) is 11.9 Å². The van der Waals surface area contributed by atoms with E-state index in [1.54, 1.807) is 6.20 Å². The Kier molecular flexibility index (Phi) is 7.07. The largest absolute Gasteiger partial charge is 0.370 e. The monoisotopic (exact) mass is 498 g/mol. The normalized spacial score (nSPS) is 14.4. The van der Waals surface area contributed by atoms with E-state index in [0.29, 0.717) is 12.0 Å². The number of carbonyl (C=O) groups excluding carboxylic acids is 1. The first-order valence-electron chi connectivity index (χ1n) is 12.6. The number of aromatic nitrogens is 3. The predicted octanol–water partition coefficient (Wildman–Crippen LogP) is 3.81. The molecule has 1 aliphatic rings. The quantitative estimate of drug-likeness (QED) is 0.356. The molecule has 0 radical (unpaired) electrons. The summed E-state index contributed by atoms with van der Waals surface area (Å²) in [5.41, 5.74) is 11.2. The fourth-order valence-corrected chi connectivity index (χ4v) is 5.06. The summed E-state index contributed by atoms with van der Waals surface area (Å²) in [6.45, 7) is 1.78. The van der Waals surface area contributed by atoms with Crippen molar-refractivity contribution in [2.24, 2.45) is 12.8 Å². The van der Waals surface area contributed by atoms with E-state index in [-0.39, 0.29) is 12.5 Å². The van der Waals surface area contributed by atoms with Gasteiger partial charge < -0.3 is 30.7 Å². The zero-order valence-corrected chi connectivity index (χ0v) is 21.6. The van der Waals surface area contributed by atoms with Gasteiger partial charge in [-0.1, -0.05) is 18.2 Å². The van der Waals surface area contributed by atoms with Gasteiger partial charge in [-0.05, 0) is 57.3 Å². The summed E-state index contributed by atoms with van der Waals surface area (Å²) < 4.78 is 2.10. The fourth-order valence-electron chi connectivity index (χ4n) is 5.06. The minimum Gasteiger partial charge on any atom is -0.370 e. The number of carbonyl (C=O) groups is 1. The molecule has 0 atom stereocenters. The molecule has 4 N–H and O–H groups in total. The molecule has 9 nitrogen and oxygen atoms in total. The standard InChI is InChI=1S/C28H34N8O/c1-34(2)20-11-14-36(15-12-20)26-9-8-19(16-24(26)32-27(37)17-29)31-28-30-13-10-23(33-28)22-18-35(3)25-7-5-4-6-21(22)25/h4-10,13,16,18,20H,11-12,14-15,17,29H2,1-3H3,(H,32,37)(H,30,31,33). The van der Waals surface area contributed by atoms with Crippen LogP contribution in [-0.2, 0) is 11.8 Å². The molecule has 9 heteroatoms. The van der Waals surface area contributed by atoms with Crippen LogP contribution >= 0.6 is 0 Å². The van der Waals surface area contributed by atoms with Gasteiger partial charge in [-0.3, -0.25) is 4.79 Å². The lowest BCUT2D eigenvalue weighted by molar-refractivity contribution is -0.114. The number of hydrogen-bond donors (Lipinski definition) is 3. The van der Waals surface area contributed by atoms with Crippen molar-refractivity contribution in [3.05, 3.63) is 60.9 Å². The number of hydrogen-bond acceptors (Lipinski definition) is 7. The highest BCUT2D eigenvalue weighted by molar-refractivity contribution is 5.97. The summed E-state index contributed by atoms with van der Waals surface area (Å²) in [5.74, 6) is 0.261. The molecular weight excluding hydrogens is 464 g/mol. The highest BCUT2D eigenvalue weighted by atomic mass is 16.1. The van der Waals surface area contributed by atoms with Gasteiger partial charge in [0.05, 0.1) is 23.6 Å². The van der Waals surface area contributed by atoms with Crippen LogP contribution in [-0.4, -0.2) is 65.1 Å². The average Bonchev–Trinajstić information content (AvgIpc) is 3.25. The molecule has 4 aromatic rings. The van der Waals surface area contributed by atoms with Gasteiger partial charge in [-0.15, -0.1) is 0 Å². The van der Waals surface area contributed by atoms with Crippen LogP contribution < -0.4 is 21.3 Å². The average molecular weight is 499 g/mol. The molecule has 2 aromatic carbocycles. The second kappa shape index (κ2) is 10.6. The minimum absolute atomic E-state index is 0.0734. The van der Waals surface area contributed by atoms with Crippen LogP contribution in [0.5, 0.6) is 0 Å². The fraction of sp³-hybridized carbons (Fsp3) is 0.321. The third-order valence-corrected chi connectivity index (χ3v) is 7.08. The smallest absolute Gasteiger partial charge is 0.238 e. The zero-order chi connectivity index (χ0) is 25.9. The van der Waals surface area contributed by atoms with E-state index in [1.165, 1.54) is 0 Å². The Morgan fingerprint density at radius 3 is 2.68 bits per heavy atom. The maximum atomic E-state index is 12.2. The van der Waals surface area contributed by atoms with Gasteiger partial charge >= 0.3 is 0 Å². The van der Waals surface area contributed by atoms with Crippen LogP contribution in [0.3, 0.4) is 0 Å². The topological polar surface area (TPSA) is 104 Å². The first kappa shape index (κ1) is 24.7. The number of nitrogens with one attached hydrogen (secondary N) is 2. The molecule has 1 amide bonds. The van der Waals surface area contributed by atoms with Gasteiger partial charge in [0, 0.05) is 60.7 Å². The Hall–Kier alpha value is -3.95. The van der Waals surface area contributed by atoms with Gasteiger partial charge in [0.25, 0.3) is 0 Å². The van der Waals surface area contributed by atoms with E-state index in [0.717, 1.165) is 65.2 Å². The summed E-state index contributed by atoms with van der Waals surface area (Å²) in [4.78, 5) is 26.1.